The Morgan fingerprint density at radius 1 is 1.46 bits per heavy atom. The van der Waals surface area contributed by atoms with E-state index in [0.717, 1.165) is 0 Å². The Kier molecular flexibility index (Phi) is 3.30. The largest absolute Gasteiger partial charge is 0.519 e. The van der Waals surface area contributed by atoms with Crippen LogP contribution in [0.4, 0.5) is 0 Å². The fourth-order valence-electron chi connectivity index (χ4n) is 0.715. The molecule has 0 spiro atoms. The van der Waals surface area contributed by atoms with Crippen molar-refractivity contribution in [2.75, 3.05) is 0 Å². The number of hydrogen-bond acceptors (Lipinski definition) is 5. The van der Waals surface area contributed by atoms with Crippen molar-refractivity contribution in [2.45, 2.75) is 18.9 Å². The number of alkyl halides is 1. The normalized spacial score (nSPS) is 10.0. The zero-order valence-corrected chi connectivity index (χ0v) is 8.42. The standard InChI is InChI=1S/C7H7BrO5/c1-4(9)11-3-6-5(2-8)12-7(10)13-6/h2-3H2,1H3. The summed E-state index contributed by atoms with van der Waals surface area (Å²) in [6.45, 7) is 1.19. The first-order chi connectivity index (χ1) is 6.13. The average Bonchev–Trinajstić information content (AvgIpc) is 2.42. The van der Waals surface area contributed by atoms with Gasteiger partial charge in [-0.25, -0.2) is 4.79 Å². The van der Waals surface area contributed by atoms with Gasteiger partial charge in [0.1, 0.15) is 0 Å². The monoisotopic (exact) mass is 250 g/mol. The lowest BCUT2D eigenvalue weighted by atomic mass is 10.4. The van der Waals surface area contributed by atoms with Crippen molar-refractivity contribution in [3.05, 3.63) is 22.1 Å². The summed E-state index contributed by atoms with van der Waals surface area (Å²) >= 11 is 3.10. The second-order valence-electron chi connectivity index (χ2n) is 2.21. The van der Waals surface area contributed by atoms with Gasteiger partial charge in [0.2, 0.25) is 0 Å². The summed E-state index contributed by atoms with van der Waals surface area (Å²) in [6, 6.07) is 0. The van der Waals surface area contributed by atoms with Crippen LogP contribution in [-0.2, 0) is 21.5 Å². The molecule has 6 heteroatoms. The molecule has 0 unspecified atom stereocenters. The molecule has 1 heterocycles. The lowest BCUT2D eigenvalue weighted by Gasteiger charge is -1.97. The lowest BCUT2D eigenvalue weighted by molar-refractivity contribution is -0.142. The quantitative estimate of drug-likeness (QED) is 0.596. The minimum atomic E-state index is -0.795. The Hall–Kier alpha value is -1.04. The number of carbonyl (C=O) groups excluding carboxylic acids is 1. The Labute approximate surface area is 81.8 Å². The maximum absolute atomic E-state index is 10.6. The molecule has 0 aliphatic heterocycles. The molecule has 0 saturated heterocycles. The van der Waals surface area contributed by atoms with E-state index in [9.17, 15) is 9.59 Å². The van der Waals surface area contributed by atoms with Crippen molar-refractivity contribution < 1.29 is 18.4 Å². The molecule has 0 bridgehead atoms. The van der Waals surface area contributed by atoms with Crippen LogP contribution in [0.5, 0.6) is 0 Å². The molecule has 13 heavy (non-hydrogen) atoms. The summed E-state index contributed by atoms with van der Waals surface area (Å²) < 4.78 is 13.9. The third-order valence-electron chi connectivity index (χ3n) is 1.25. The first-order valence-corrected chi connectivity index (χ1v) is 4.56. The van der Waals surface area contributed by atoms with Crippen molar-refractivity contribution in [1.82, 2.24) is 0 Å². The fourth-order valence-corrected chi connectivity index (χ4v) is 1.14. The molecular weight excluding hydrogens is 244 g/mol. The molecule has 72 valence electrons. The number of rotatable bonds is 3. The van der Waals surface area contributed by atoms with Crippen molar-refractivity contribution >= 4 is 21.9 Å². The molecule has 1 aromatic heterocycles. The maximum Gasteiger partial charge on any atom is 0.519 e. The molecular formula is C7H7BrO5. The van der Waals surface area contributed by atoms with E-state index in [0.29, 0.717) is 11.1 Å². The summed E-state index contributed by atoms with van der Waals surface area (Å²) in [6.07, 6.45) is 0. The molecule has 0 atom stereocenters. The molecule has 5 nitrogen and oxygen atoms in total. The van der Waals surface area contributed by atoms with E-state index in [1.807, 2.05) is 0 Å². The lowest BCUT2D eigenvalue weighted by Crippen LogP contribution is -1.99. The Bertz CT molecular complexity index is 350. The highest BCUT2D eigenvalue weighted by Crippen LogP contribution is 2.11. The molecule has 0 aliphatic rings. The van der Waals surface area contributed by atoms with Crippen LogP contribution in [-0.4, -0.2) is 5.97 Å². The van der Waals surface area contributed by atoms with Gasteiger partial charge in [0.15, 0.2) is 18.1 Å². The second kappa shape index (κ2) is 4.27. The predicted octanol–water partition coefficient (Wildman–Crippen LogP) is 1.19. The number of esters is 1. The van der Waals surface area contributed by atoms with E-state index in [-0.39, 0.29) is 12.4 Å². The highest BCUT2D eigenvalue weighted by molar-refractivity contribution is 9.08. The summed E-state index contributed by atoms with van der Waals surface area (Å²) in [5, 5.41) is 0.343. The van der Waals surface area contributed by atoms with Crippen molar-refractivity contribution in [3.8, 4) is 0 Å². The third-order valence-corrected chi connectivity index (χ3v) is 1.76. The van der Waals surface area contributed by atoms with Crippen LogP contribution in [0.25, 0.3) is 0 Å². The summed E-state index contributed by atoms with van der Waals surface area (Å²) in [7, 11) is 0. The molecule has 0 saturated carbocycles. The minimum Gasteiger partial charge on any atom is -0.458 e. The Morgan fingerprint density at radius 3 is 2.62 bits per heavy atom. The van der Waals surface area contributed by atoms with Crippen molar-refractivity contribution in [3.63, 3.8) is 0 Å². The van der Waals surface area contributed by atoms with Gasteiger partial charge in [0.25, 0.3) is 0 Å². The number of hydrogen-bond donors (Lipinski definition) is 0. The van der Waals surface area contributed by atoms with E-state index < -0.39 is 11.8 Å². The number of carbonyl (C=O) groups is 1. The van der Waals surface area contributed by atoms with Gasteiger partial charge in [0.05, 0.1) is 5.33 Å². The van der Waals surface area contributed by atoms with E-state index in [2.05, 4.69) is 29.5 Å². The van der Waals surface area contributed by atoms with Crippen LogP contribution < -0.4 is 5.82 Å². The molecule has 0 radical (unpaired) electrons. The van der Waals surface area contributed by atoms with Gasteiger partial charge in [-0.3, -0.25) is 4.79 Å². The molecule has 0 amide bonds. The van der Waals surface area contributed by atoms with Crippen LogP contribution in [0, 0.1) is 0 Å². The van der Waals surface area contributed by atoms with Gasteiger partial charge in [-0.05, 0) is 0 Å². The van der Waals surface area contributed by atoms with Crippen LogP contribution in [0.15, 0.2) is 13.6 Å². The Morgan fingerprint density at radius 2 is 2.08 bits per heavy atom. The molecule has 1 rings (SSSR count). The van der Waals surface area contributed by atoms with E-state index in [1.54, 1.807) is 0 Å². The second-order valence-corrected chi connectivity index (χ2v) is 2.78. The first-order valence-electron chi connectivity index (χ1n) is 3.44. The molecule has 0 fully saturated rings. The van der Waals surface area contributed by atoms with Crippen molar-refractivity contribution in [1.29, 1.82) is 0 Å². The van der Waals surface area contributed by atoms with Gasteiger partial charge >= 0.3 is 11.8 Å². The smallest absolute Gasteiger partial charge is 0.458 e. The first kappa shape index (κ1) is 10.0. The fraction of sp³-hybridized carbons (Fsp3) is 0.429. The topological polar surface area (TPSA) is 69.7 Å². The third kappa shape index (κ3) is 2.73. The van der Waals surface area contributed by atoms with Crippen molar-refractivity contribution in [2.24, 2.45) is 0 Å². The predicted molar refractivity (Wildman–Crippen MR) is 45.3 cm³/mol. The Balaban J connectivity index is 2.75. The van der Waals surface area contributed by atoms with Crippen LogP contribution >= 0.6 is 15.9 Å². The van der Waals surface area contributed by atoms with Gasteiger partial charge in [-0.2, -0.15) is 0 Å². The van der Waals surface area contributed by atoms with Crippen LogP contribution in [0.1, 0.15) is 18.4 Å². The number of ether oxygens (including phenoxy) is 1. The molecule has 0 aromatic carbocycles. The summed E-state index contributed by atoms with van der Waals surface area (Å²) in [4.78, 5) is 21.1. The van der Waals surface area contributed by atoms with Gasteiger partial charge in [-0.1, -0.05) is 15.9 Å². The minimum absolute atomic E-state index is 0.0813. The van der Waals surface area contributed by atoms with E-state index in [1.165, 1.54) is 6.92 Å². The SMILES string of the molecule is CC(=O)OCc1oc(=O)oc1CBr. The summed E-state index contributed by atoms with van der Waals surface area (Å²) in [5.74, 6) is -0.663. The maximum atomic E-state index is 10.6. The van der Waals surface area contributed by atoms with E-state index in [4.69, 9.17) is 0 Å². The highest BCUT2D eigenvalue weighted by Gasteiger charge is 2.12. The zero-order chi connectivity index (χ0) is 9.84. The van der Waals surface area contributed by atoms with Gasteiger partial charge in [0, 0.05) is 6.92 Å². The van der Waals surface area contributed by atoms with Crippen LogP contribution in [0.2, 0.25) is 0 Å². The molecule has 0 N–H and O–H groups in total. The van der Waals surface area contributed by atoms with Gasteiger partial charge in [-0.15, -0.1) is 0 Å². The molecule has 1 aromatic rings. The van der Waals surface area contributed by atoms with Crippen LogP contribution in [0.3, 0.4) is 0 Å². The average molecular weight is 251 g/mol. The van der Waals surface area contributed by atoms with Gasteiger partial charge < -0.3 is 13.6 Å². The summed E-state index contributed by atoms with van der Waals surface area (Å²) in [5.41, 5.74) is 0. The molecule has 0 aliphatic carbocycles. The zero-order valence-electron chi connectivity index (χ0n) is 6.83. The van der Waals surface area contributed by atoms with E-state index >= 15 is 0 Å². The highest BCUT2D eigenvalue weighted by atomic mass is 79.9. The number of halogens is 1.